The van der Waals surface area contributed by atoms with E-state index in [1.54, 1.807) is 18.4 Å². The molecule has 1 saturated heterocycles. The third-order valence-corrected chi connectivity index (χ3v) is 7.18. The summed E-state index contributed by atoms with van der Waals surface area (Å²) in [6, 6.07) is 6.86. The predicted octanol–water partition coefficient (Wildman–Crippen LogP) is 2.46. The highest BCUT2D eigenvalue weighted by Gasteiger charge is 2.27. The van der Waals surface area contributed by atoms with E-state index in [0.29, 0.717) is 17.4 Å². The van der Waals surface area contributed by atoms with Gasteiger partial charge in [0.2, 0.25) is 10.0 Å². The lowest BCUT2D eigenvalue weighted by Gasteiger charge is -2.33. The summed E-state index contributed by atoms with van der Waals surface area (Å²) in [4.78, 5) is 2.18. The fourth-order valence-corrected chi connectivity index (χ4v) is 5.57. The minimum atomic E-state index is -3.53. The quantitative estimate of drug-likeness (QED) is 0.776. The van der Waals surface area contributed by atoms with Gasteiger partial charge in [0.25, 0.3) is 0 Å². The first-order valence-corrected chi connectivity index (χ1v) is 10.3. The Balaban J connectivity index is 1.73. The molecule has 2 aromatic heterocycles. The number of nitrogens with zero attached hydrogens (tertiary/aromatic N) is 1. The Kier molecular flexibility index (Phi) is 5.55. The molecule has 9 heteroatoms. The number of nitrogens with one attached hydrogen (secondary N) is 1. The van der Waals surface area contributed by atoms with E-state index in [4.69, 9.17) is 9.15 Å². The second-order valence-corrected chi connectivity index (χ2v) is 9.55. The molecule has 3 rings (SSSR count). The van der Waals surface area contributed by atoms with Gasteiger partial charge in [-0.2, -0.15) is 0 Å². The van der Waals surface area contributed by atoms with Crippen molar-refractivity contribution in [1.29, 1.82) is 0 Å². The molecular formula is C14H17BrN2O4S2. The number of furan rings is 1. The van der Waals surface area contributed by atoms with E-state index in [9.17, 15) is 8.42 Å². The van der Waals surface area contributed by atoms with Crippen molar-refractivity contribution in [3.8, 4) is 0 Å². The van der Waals surface area contributed by atoms with Crippen molar-refractivity contribution >= 4 is 37.3 Å². The first kappa shape index (κ1) is 17.1. The number of morpholine rings is 1. The van der Waals surface area contributed by atoms with Gasteiger partial charge in [-0.25, -0.2) is 13.1 Å². The molecule has 1 fully saturated rings. The van der Waals surface area contributed by atoms with Gasteiger partial charge in [0.15, 0.2) is 0 Å². The molecule has 6 nitrogen and oxygen atoms in total. The highest BCUT2D eigenvalue weighted by atomic mass is 79.9. The van der Waals surface area contributed by atoms with E-state index in [2.05, 4.69) is 25.6 Å². The predicted molar refractivity (Wildman–Crippen MR) is 91.0 cm³/mol. The Hall–Kier alpha value is -0.710. The monoisotopic (exact) mass is 420 g/mol. The number of hydrogen-bond acceptors (Lipinski definition) is 6. The standard InChI is InChI=1S/C14H17BrN2O4S2/c15-13-3-4-14(22-13)23(18,19)16-10-11(12-2-1-7-21-12)17-5-8-20-9-6-17/h1-4,7,11,16H,5-6,8-10H2. The largest absolute Gasteiger partial charge is 0.468 e. The summed E-state index contributed by atoms with van der Waals surface area (Å²) in [6.45, 7) is 3.03. The second-order valence-electron chi connectivity index (χ2n) is 5.09. The number of halogens is 1. The molecule has 1 unspecified atom stereocenters. The van der Waals surface area contributed by atoms with Gasteiger partial charge in [-0.3, -0.25) is 4.90 Å². The maximum atomic E-state index is 12.4. The molecule has 3 heterocycles. The van der Waals surface area contributed by atoms with Crippen molar-refractivity contribution in [1.82, 2.24) is 9.62 Å². The van der Waals surface area contributed by atoms with E-state index >= 15 is 0 Å². The number of ether oxygens (including phenoxy) is 1. The summed E-state index contributed by atoms with van der Waals surface area (Å²) in [6.07, 6.45) is 1.60. The van der Waals surface area contributed by atoms with E-state index in [-0.39, 0.29) is 12.6 Å². The smallest absolute Gasteiger partial charge is 0.250 e. The molecule has 1 atom stereocenters. The van der Waals surface area contributed by atoms with Gasteiger partial charge < -0.3 is 9.15 Å². The number of thiophene rings is 1. The summed E-state index contributed by atoms with van der Waals surface area (Å²) >= 11 is 4.48. The van der Waals surface area contributed by atoms with Crippen LogP contribution in [0.25, 0.3) is 0 Å². The number of sulfonamides is 1. The van der Waals surface area contributed by atoms with E-state index in [1.807, 2.05) is 12.1 Å². The average Bonchev–Trinajstić information content (AvgIpc) is 3.20. The highest BCUT2D eigenvalue weighted by molar-refractivity contribution is 9.11. The SMILES string of the molecule is O=S(=O)(NCC(c1ccco1)N1CCOCC1)c1ccc(Br)s1. The molecule has 0 aliphatic carbocycles. The third kappa shape index (κ3) is 4.23. The van der Waals surface area contributed by atoms with Gasteiger partial charge in [-0.15, -0.1) is 11.3 Å². The fourth-order valence-electron chi connectivity index (χ4n) is 2.48. The van der Waals surface area contributed by atoms with Crippen molar-refractivity contribution < 1.29 is 17.6 Å². The molecule has 1 N–H and O–H groups in total. The van der Waals surface area contributed by atoms with Crippen LogP contribution in [0.15, 0.2) is 42.9 Å². The van der Waals surface area contributed by atoms with Crippen LogP contribution in [0.3, 0.4) is 0 Å². The van der Waals surface area contributed by atoms with Crippen molar-refractivity contribution in [3.63, 3.8) is 0 Å². The van der Waals surface area contributed by atoms with Crippen LogP contribution >= 0.6 is 27.3 Å². The highest BCUT2D eigenvalue weighted by Crippen LogP contribution is 2.27. The molecule has 0 amide bonds. The lowest BCUT2D eigenvalue weighted by molar-refractivity contribution is 0.0128. The maximum Gasteiger partial charge on any atom is 0.250 e. The molecule has 23 heavy (non-hydrogen) atoms. The van der Waals surface area contributed by atoms with Gasteiger partial charge in [0.1, 0.15) is 9.97 Å². The van der Waals surface area contributed by atoms with E-state index in [1.165, 1.54) is 11.3 Å². The first-order chi connectivity index (χ1) is 11.1. The molecule has 0 aromatic carbocycles. The Morgan fingerprint density at radius 2 is 2.09 bits per heavy atom. The normalized spacial score (nSPS) is 18.1. The van der Waals surface area contributed by atoms with Crippen LogP contribution in [0.2, 0.25) is 0 Å². The van der Waals surface area contributed by atoms with E-state index in [0.717, 1.165) is 22.6 Å². The van der Waals surface area contributed by atoms with Crippen molar-refractivity contribution in [2.45, 2.75) is 10.3 Å². The van der Waals surface area contributed by atoms with Gasteiger partial charge >= 0.3 is 0 Å². The minimum Gasteiger partial charge on any atom is -0.468 e. The Labute approximate surface area is 147 Å². The van der Waals surface area contributed by atoms with Crippen LogP contribution in [0.5, 0.6) is 0 Å². The Morgan fingerprint density at radius 3 is 2.70 bits per heavy atom. The molecule has 1 aliphatic rings. The molecule has 1 aliphatic heterocycles. The molecule has 126 valence electrons. The second kappa shape index (κ2) is 7.45. The summed E-state index contributed by atoms with van der Waals surface area (Å²) in [5, 5.41) is 0. The lowest BCUT2D eigenvalue weighted by atomic mass is 10.2. The van der Waals surface area contributed by atoms with Crippen LogP contribution in [0, 0.1) is 0 Å². The number of hydrogen-bond donors (Lipinski definition) is 1. The molecule has 0 saturated carbocycles. The minimum absolute atomic E-state index is 0.146. The van der Waals surface area contributed by atoms with Gasteiger partial charge in [-0.1, -0.05) is 0 Å². The van der Waals surface area contributed by atoms with Crippen LogP contribution in [-0.4, -0.2) is 46.2 Å². The van der Waals surface area contributed by atoms with Gasteiger partial charge in [0, 0.05) is 19.6 Å². The van der Waals surface area contributed by atoms with E-state index < -0.39 is 10.0 Å². The summed E-state index contributed by atoms with van der Waals surface area (Å²) in [5.74, 6) is 0.752. The topological polar surface area (TPSA) is 71.8 Å². The van der Waals surface area contributed by atoms with Crippen LogP contribution in [0.1, 0.15) is 11.8 Å². The van der Waals surface area contributed by atoms with Crippen molar-refractivity contribution in [2.24, 2.45) is 0 Å². The summed E-state index contributed by atoms with van der Waals surface area (Å²) in [5.41, 5.74) is 0. The van der Waals surface area contributed by atoms with Crippen molar-refractivity contribution in [2.75, 3.05) is 32.8 Å². The zero-order chi connectivity index (χ0) is 16.3. The summed E-state index contributed by atoms with van der Waals surface area (Å²) < 4.78 is 39.5. The lowest BCUT2D eigenvalue weighted by Crippen LogP contribution is -2.43. The zero-order valence-corrected chi connectivity index (χ0v) is 15.5. The Bertz CT molecular complexity index is 724. The molecule has 0 radical (unpaired) electrons. The molecule has 2 aromatic rings. The van der Waals surface area contributed by atoms with Crippen LogP contribution in [-0.2, 0) is 14.8 Å². The third-order valence-electron chi connectivity index (χ3n) is 3.64. The van der Waals surface area contributed by atoms with Gasteiger partial charge in [-0.05, 0) is 40.2 Å². The molecule has 0 bridgehead atoms. The zero-order valence-electron chi connectivity index (χ0n) is 12.3. The first-order valence-electron chi connectivity index (χ1n) is 7.16. The number of rotatable bonds is 6. The summed E-state index contributed by atoms with van der Waals surface area (Å²) in [7, 11) is -3.53. The molecule has 0 spiro atoms. The molecular weight excluding hydrogens is 404 g/mol. The Morgan fingerprint density at radius 1 is 1.30 bits per heavy atom. The van der Waals surface area contributed by atoms with Gasteiger partial charge in [0.05, 0.1) is 29.3 Å². The maximum absolute atomic E-state index is 12.4. The van der Waals surface area contributed by atoms with Crippen LogP contribution in [0.4, 0.5) is 0 Å². The van der Waals surface area contributed by atoms with Crippen molar-refractivity contribution in [3.05, 3.63) is 40.1 Å². The van der Waals surface area contributed by atoms with Crippen LogP contribution < -0.4 is 4.72 Å². The average molecular weight is 421 g/mol. The fraction of sp³-hybridized carbons (Fsp3) is 0.429.